The van der Waals surface area contributed by atoms with E-state index < -0.39 is 0 Å². The second-order valence-corrected chi connectivity index (χ2v) is 6.51. The lowest BCUT2D eigenvalue weighted by Gasteiger charge is -2.36. The molecule has 1 aliphatic rings. The highest BCUT2D eigenvalue weighted by atomic mass is 32.2. The number of benzene rings is 2. The summed E-state index contributed by atoms with van der Waals surface area (Å²) in [5, 5.41) is 9.37. The smallest absolute Gasteiger partial charge is 0.115 e. The first-order valence-corrected chi connectivity index (χ1v) is 8.86. The maximum absolute atomic E-state index is 9.37. The van der Waals surface area contributed by atoms with Crippen molar-refractivity contribution >= 4 is 17.4 Å². The Bertz CT molecular complexity index is 589. The maximum atomic E-state index is 9.37. The lowest BCUT2D eigenvalue weighted by molar-refractivity contribution is 0.250. The van der Waals surface area contributed by atoms with Crippen LogP contribution in [-0.2, 0) is 6.54 Å². The van der Waals surface area contributed by atoms with Gasteiger partial charge in [0.2, 0.25) is 0 Å². The molecule has 0 unspecified atom stereocenters. The number of nitrogens with zero attached hydrogens (tertiary/aromatic N) is 2. The fourth-order valence-corrected chi connectivity index (χ4v) is 3.23. The van der Waals surface area contributed by atoms with E-state index in [2.05, 4.69) is 40.3 Å². The summed E-state index contributed by atoms with van der Waals surface area (Å²) >= 11 is 1.78. The molecule has 1 aliphatic heterocycles. The number of thioether (sulfide) groups is 1. The number of anilines is 1. The fourth-order valence-electron chi connectivity index (χ4n) is 2.82. The Morgan fingerprint density at radius 3 is 2.14 bits per heavy atom. The summed E-state index contributed by atoms with van der Waals surface area (Å²) in [6, 6.07) is 16.4. The van der Waals surface area contributed by atoms with E-state index in [1.165, 1.54) is 16.1 Å². The van der Waals surface area contributed by atoms with Gasteiger partial charge in [-0.3, -0.25) is 4.90 Å². The van der Waals surface area contributed by atoms with Crippen LogP contribution in [0.3, 0.4) is 0 Å². The molecule has 1 N–H and O–H groups in total. The van der Waals surface area contributed by atoms with Crippen LogP contribution >= 0.6 is 11.8 Å². The molecule has 22 heavy (non-hydrogen) atoms. The highest BCUT2D eigenvalue weighted by molar-refractivity contribution is 7.98. The summed E-state index contributed by atoms with van der Waals surface area (Å²) in [5.74, 6) is 0.330. The minimum atomic E-state index is 0.330. The molecule has 0 amide bonds. The molecule has 4 heteroatoms. The summed E-state index contributed by atoms with van der Waals surface area (Å²) in [4.78, 5) is 6.21. The average molecular weight is 314 g/mol. The molecule has 0 aromatic heterocycles. The van der Waals surface area contributed by atoms with Crippen LogP contribution in [0.2, 0.25) is 0 Å². The first kappa shape index (κ1) is 15.3. The zero-order valence-corrected chi connectivity index (χ0v) is 13.7. The van der Waals surface area contributed by atoms with Crippen molar-refractivity contribution in [2.45, 2.75) is 11.4 Å². The van der Waals surface area contributed by atoms with E-state index in [9.17, 15) is 5.11 Å². The number of phenolic OH excluding ortho intramolecular Hbond substituents is 1. The van der Waals surface area contributed by atoms with Gasteiger partial charge in [0.05, 0.1) is 0 Å². The van der Waals surface area contributed by atoms with Gasteiger partial charge in [0.15, 0.2) is 0 Å². The summed E-state index contributed by atoms with van der Waals surface area (Å²) in [5.41, 5.74) is 2.58. The topological polar surface area (TPSA) is 26.7 Å². The number of hydrogen-bond acceptors (Lipinski definition) is 4. The Kier molecular flexibility index (Phi) is 4.90. The van der Waals surface area contributed by atoms with Gasteiger partial charge in [-0.1, -0.05) is 12.1 Å². The minimum absolute atomic E-state index is 0.330. The standard InChI is InChI=1S/C18H22N2OS/c1-22-18-8-2-15(3-9-18)14-19-10-12-20(13-11-19)16-4-6-17(21)7-5-16/h2-9,21H,10-14H2,1H3. The van der Waals surface area contributed by atoms with Crippen LogP contribution in [-0.4, -0.2) is 42.4 Å². The lowest BCUT2D eigenvalue weighted by Crippen LogP contribution is -2.45. The van der Waals surface area contributed by atoms with E-state index >= 15 is 0 Å². The fraction of sp³-hybridized carbons (Fsp3) is 0.333. The Morgan fingerprint density at radius 2 is 1.55 bits per heavy atom. The van der Waals surface area contributed by atoms with Crippen LogP contribution in [0.25, 0.3) is 0 Å². The van der Waals surface area contributed by atoms with Gasteiger partial charge >= 0.3 is 0 Å². The normalized spacial score (nSPS) is 16.0. The van der Waals surface area contributed by atoms with Crippen molar-refractivity contribution in [1.29, 1.82) is 0 Å². The molecule has 0 aliphatic carbocycles. The molecule has 2 aromatic carbocycles. The van der Waals surface area contributed by atoms with Gasteiger partial charge in [0.25, 0.3) is 0 Å². The van der Waals surface area contributed by atoms with Crippen molar-refractivity contribution in [3.63, 3.8) is 0 Å². The van der Waals surface area contributed by atoms with Crippen molar-refractivity contribution in [3.8, 4) is 5.75 Å². The zero-order chi connectivity index (χ0) is 15.4. The first-order valence-electron chi connectivity index (χ1n) is 7.64. The van der Waals surface area contributed by atoms with Crippen LogP contribution in [0.4, 0.5) is 5.69 Å². The number of rotatable bonds is 4. The van der Waals surface area contributed by atoms with E-state index in [0.717, 1.165) is 32.7 Å². The molecule has 0 radical (unpaired) electrons. The van der Waals surface area contributed by atoms with Crippen LogP contribution in [0.15, 0.2) is 53.4 Å². The Morgan fingerprint density at radius 1 is 0.909 bits per heavy atom. The third-order valence-electron chi connectivity index (χ3n) is 4.15. The van der Waals surface area contributed by atoms with Gasteiger partial charge < -0.3 is 10.0 Å². The van der Waals surface area contributed by atoms with E-state index in [0.29, 0.717) is 5.75 Å². The molecule has 116 valence electrons. The molecule has 0 saturated carbocycles. The van der Waals surface area contributed by atoms with Gasteiger partial charge in [-0.2, -0.15) is 0 Å². The summed E-state index contributed by atoms with van der Waals surface area (Å²) in [6.45, 7) is 5.25. The molecule has 3 rings (SSSR count). The second-order valence-electron chi connectivity index (χ2n) is 5.63. The molecule has 1 saturated heterocycles. The molecule has 1 heterocycles. The average Bonchev–Trinajstić information content (AvgIpc) is 2.57. The summed E-state index contributed by atoms with van der Waals surface area (Å²) in [7, 11) is 0. The van der Waals surface area contributed by atoms with Crippen molar-refractivity contribution in [2.24, 2.45) is 0 Å². The zero-order valence-electron chi connectivity index (χ0n) is 12.9. The molecule has 2 aromatic rings. The van der Waals surface area contributed by atoms with Crippen molar-refractivity contribution in [1.82, 2.24) is 4.90 Å². The highest BCUT2D eigenvalue weighted by Gasteiger charge is 2.17. The number of phenols is 1. The molecular weight excluding hydrogens is 292 g/mol. The van der Waals surface area contributed by atoms with Crippen molar-refractivity contribution in [2.75, 3.05) is 37.3 Å². The molecule has 3 nitrogen and oxygen atoms in total. The monoisotopic (exact) mass is 314 g/mol. The van der Waals surface area contributed by atoms with Gasteiger partial charge in [-0.05, 0) is 48.2 Å². The minimum Gasteiger partial charge on any atom is -0.508 e. The molecule has 0 bridgehead atoms. The molecule has 0 spiro atoms. The molecular formula is C18H22N2OS. The molecule has 1 fully saturated rings. The van der Waals surface area contributed by atoms with Crippen molar-refractivity contribution in [3.05, 3.63) is 54.1 Å². The summed E-state index contributed by atoms with van der Waals surface area (Å²) in [6.07, 6.45) is 2.11. The number of aromatic hydroxyl groups is 1. The largest absolute Gasteiger partial charge is 0.508 e. The Labute approximate surface area is 136 Å². The first-order chi connectivity index (χ1) is 10.7. The highest BCUT2D eigenvalue weighted by Crippen LogP contribution is 2.21. The predicted molar refractivity (Wildman–Crippen MR) is 93.8 cm³/mol. The Hall–Kier alpha value is -1.65. The maximum Gasteiger partial charge on any atom is 0.115 e. The number of piperazine rings is 1. The van der Waals surface area contributed by atoms with Crippen molar-refractivity contribution < 1.29 is 5.11 Å². The van der Waals surface area contributed by atoms with Gasteiger partial charge in [0, 0.05) is 43.3 Å². The van der Waals surface area contributed by atoms with Gasteiger partial charge in [-0.25, -0.2) is 0 Å². The molecule has 0 atom stereocenters. The van der Waals surface area contributed by atoms with Crippen LogP contribution in [0.1, 0.15) is 5.56 Å². The van der Waals surface area contributed by atoms with Crippen LogP contribution in [0.5, 0.6) is 5.75 Å². The van der Waals surface area contributed by atoms with Crippen LogP contribution in [0, 0.1) is 0 Å². The van der Waals surface area contributed by atoms with E-state index in [-0.39, 0.29) is 0 Å². The predicted octanol–water partition coefficient (Wildman–Crippen LogP) is 3.44. The third kappa shape index (κ3) is 3.76. The SMILES string of the molecule is CSc1ccc(CN2CCN(c3ccc(O)cc3)CC2)cc1. The van der Waals surface area contributed by atoms with E-state index in [1.807, 2.05) is 12.1 Å². The van der Waals surface area contributed by atoms with E-state index in [1.54, 1.807) is 23.9 Å². The quantitative estimate of drug-likeness (QED) is 0.875. The lowest BCUT2D eigenvalue weighted by atomic mass is 10.2. The van der Waals surface area contributed by atoms with Gasteiger partial charge in [0.1, 0.15) is 5.75 Å². The number of hydrogen-bond donors (Lipinski definition) is 1. The van der Waals surface area contributed by atoms with Gasteiger partial charge in [-0.15, -0.1) is 11.8 Å². The second kappa shape index (κ2) is 7.07. The van der Waals surface area contributed by atoms with E-state index in [4.69, 9.17) is 0 Å². The Balaban J connectivity index is 1.53. The summed E-state index contributed by atoms with van der Waals surface area (Å²) < 4.78 is 0. The van der Waals surface area contributed by atoms with Crippen LogP contribution < -0.4 is 4.90 Å². The third-order valence-corrected chi connectivity index (χ3v) is 4.90.